The first kappa shape index (κ1) is 13.3. The van der Waals surface area contributed by atoms with Gasteiger partial charge in [-0.3, -0.25) is 0 Å². The highest BCUT2D eigenvalue weighted by Crippen LogP contribution is 2.26. The second-order valence-corrected chi connectivity index (χ2v) is 4.01. The van der Waals surface area contributed by atoms with Crippen LogP contribution in [0.4, 0.5) is 13.2 Å². The SMILES string of the molecule is CNC(CC1OCCO1)c1ccc(F)c(F)c1F. The molecule has 1 aromatic rings. The molecule has 3 nitrogen and oxygen atoms in total. The van der Waals surface area contributed by atoms with Crippen molar-refractivity contribution in [2.45, 2.75) is 18.8 Å². The molecule has 0 saturated carbocycles. The van der Waals surface area contributed by atoms with Gasteiger partial charge in [-0.15, -0.1) is 0 Å². The van der Waals surface area contributed by atoms with Gasteiger partial charge in [-0.1, -0.05) is 6.07 Å². The fraction of sp³-hybridized carbons (Fsp3) is 0.500. The summed E-state index contributed by atoms with van der Waals surface area (Å²) in [7, 11) is 1.61. The molecule has 0 aliphatic carbocycles. The van der Waals surface area contributed by atoms with E-state index >= 15 is 0 Å². The Morgan fingerprint density at radius 3 is 2.50 bits per heavy atom. The van der Waals surface area contributed by atoms with Gasteiger partial charge in [0.25, 0.3) is 0 Å². The smallest absolute Gasteiger partial charge is 0.194 e. The molecule has 6 heteroatoms. The molecule has 1 aliphatic heterocycles. The highest BCUT2D eigenvalue weighted by atomic mass is 19.2. The second kappa shape index (κ2) is 5.69. The van der Waals surface area contributed by atoms with Crippen molar-refractivity contribution >= 4 is 0 Å². The third-order valence-electron chi connectivity index (χ3n) is 2.91. The molecule has 18 heavy (non-hydrogen) atoms. The van der Waals surface area contributed by atoms with E-state index in [1.165, 1.54) is 6.07 Å². The zero-order valence-electron chi connectivity index (χ0n) is 9.88. The van der Waals surface area contributed by atoms with Crippen LogP contribution in [0.3, 0.4) is 0 Å². The molecule has 0 amide bonds. The van der Waals surface area contributed by atoms with E-state index in [2.05, 4.69) is 5.32 Å². The topological polar surface area (TPSA) is 30.5 Å². The standard InChI is InChI=1S/C12H14F3NO2/c1-16-9(6-10-17-4-5-18-10)7-2-3-8(13)12(15)11(7)14/h2-3,9-10,16H,4-6H2,1H3. The number of rotatable bonds is 4. The van der Waals surface area contributed by atoms with Crippen LogP contribution >= 0.6 is 0 Å². The normalized spacial score (nSPS) is 18.2. The Bertz CT molecular complexity index is 422. The lowest BCUT2D eigenvalue weighted by molar-refractivity contribution is -0.0528. The van der Waals surface area contributed by atoms with Crippen molar-refractivity contribution in [2.24, 2.45) is 0 Å². The lowest BCUT2D eigenvalue weighted by Gasteiger charge is -2.20. The van der Waals surface area contributed by atoms with Crippen LogP contribution in [0.2, 0.25) is 0 Å². The number of benzene rings is 1. The molecule has 0 radical (unpaired) electrons. The van der Waals surface area contributed by atoms with Crippen molar-refractivity contribution in [2.75, 3.05) is 20.3 Å². The van der Waals surface area contributed by atoms with Crippen LogP contribution in [0.1, 0.15) is 18.0 Å². The first-order valence-electron chi connectivity index (χ1n) is 5.67. The van der Waals surface area contributed by atoms with E-state index in [4.69, 9.17) is 9.47 Å². The Labute approximate surface area is 103 Å². The summed E-state index contributed by atoms with van der Waals surface area (Å²) in [6.45, 7) is 0.975. The molecule has 1 heterocycles. The highest BCUT2D eigenvalue weighted by molar-refractivity contribution is 5.23. The van der Waals surface area contributed by atoms with Gasteiger partial charge < -0.3 is 14.8 Å². The maximum Gasteiger partial charge on any atom is 0.194 e. The van der Waals surface area contributed by atoms with Gasteiger partial charge in [0.15, 0.2) is 23.7 Å². The molecule has 1 aromatic carbocycles. The van der Waals surface area contributed by atoms with E-state index in [-0.39, 0.29) is 5.56 Å². The molecule has 0 spiro atoms. The molecule has 0 bridgehead atoms. The van der Waals surface area contributed by atoms with Gasteiger partial charge >= 0.3 is 0 Å². The summed E-state index contributed by atoms with van der Waals surface area (Å²) >= 11 is 0. The number of halogens is 3. The Balaban J connectivity index is 2.18. The lowest BCUT2D eigenvalue weighted by Crippen LogP contribution is -2.24. The fourth-order valence-electron chi connectivity index (χ4n) is 1.95. The first-order valence-corrected chi connectivity index (χ1v) is 5.67. The van der Waals surface area contributed by atoms with Gasteiger partial charge in [-0.2, -0.15) is 0 Å². The quantitative estimate of drug-likeness (QED) is 0.842. The summed E-state index contributed by atoms with van der Waals surface area (Å²) in [5, 5.41) is 2.84. The second-order valence-electron chi connectivity index (χ2n) is 4.01. The molecule has 1 aliphatic rings. The Kier molecular flexibility index (Phi) is 4.21. The fourth-order valence-corrected chi connectivity index (χ4v) is 1.95. The van der Waals surface area contributed by atoms with Crippen LogP contribution in [0.5, 0.6) is 0 Å². The van der Waals surface area contributed by atoms with Crippen molar-refractivity contribution in [1.82, 2.24) is 5.32 Å². The Morgan fingerprint density at radius 2 is 1.89 bits per heavy atom. The maximum absolute atomic E-state index is 13.6. The summed E-state index contributed by atoms with van der Waals surface area (Å²) in [4.78, 5) is 0. The minimum Gasteiger partial charge on any atom is -0.350 e. The third-order valence-corrected chi connectivity index (χ3v) is 2.91. The highest BCUT2D eigenvalue weighted by Gasteiger charge is 2.25. The zero-order valence-corrected chi connectivity index (χ0v) is 9.88. The molecule has 1 unspecified atom stereocenters. The number of hydrogen-bond donors (Lipinski definition) is 1. The average Bonchev–Trinajstić information content (AvgIpc) is 2.87. The molecule has 2 rings (SSSR count). The van der Waals surface area contributed by atoms with Crippen LogP contribution in [0.25, 0.3) is 0 Å². The predicted octanol–water partition coefficient (Wildman–Crippen LogP) is 2.13. The summed E-state index contributed by atoms with van der Waals surface area (Å²) < 4.78 is 50.1. The van der Waals surface area contributed by atoms with Gasteiger partial charge in [0.05, 0.1) is 13.2 Å². The van der Waals surface area contributed by atoms with E-state index in [1.807, 2.05) is 0 Å². The van der Waals surface area contributed by atoms with E-state index in [0.29, 0.717) is 19.6 Å². The van der Waals surface area contributed by atoms with Gasteiger partial charge in [0, 0.05) is 18.0 Å². The number of nitrogens with one attached hydrogen (secondary N) is 1. The largest absolute Gasteiger partial charge is 0.350 e. The first-order chi connectivity index (χ1) is 8.63. The molecular formula is C12H14F3NO2. The van der Waals surface area contributed by atoms with E-state index < -0.39 is 29.8 Å². The molecular weight excluding hydrogens is 247 g/mol. The molecule has 0 aromatic heterocycles. The van der Waals surface area contributed by atoms with Gasteiger partial charge in [-0.05, 0) is 13.1 Å². The summed E-state index contributed by atoms with van der Waals surface area (Å²) in [6, 6.07) is 1.64. The van der Waals surface area contributed by atoms with Crippen molar-refractivity contribution in [3.05, 3.63) is 35.1 Å². The van der Waals surface area contributed by atoms with Crippen LogP contribution in [-0.2, 0) is 9.47 Å². The van der Waals surface area contributed by atoms with Crippen LogP contribution in [0.15, 0.2) is 12.1 Å². The molecule has 1 saturated heterocycles. The van der Waals surface area contributed by atoms with Crippen LogP contribution in [-0.4, -0.2) is 26.6 Å². The Hall–Kier alpha value is -1.11. The summed E-state index contributed by atoms with van der Waals surface area (Å²) in [5.41, 5.74) is 0.0653. The molecule has 1 atom stereocenters. The van der Waals surface area contributed by atoms with Crippen LogP contribution in [0, 0.1) is 17.5 Å². The summed E-state index contributed by atoms with van der Waals surface area (Å²) in [6.07, 6.45) is -0.117. The van der Waals surface area contributed by atoms with E-state index in [0.717, 1.165) is 6.07 Å². The Morgan fingerprint density at radius 1 is 1.22 bits per heavy atom. The predicted molar refractivity (Wildman–Crippen MR) is 58.4 cm³/mol. The van der Waals surface area contributed by atoms with Crippen molar-refractivity contribution in [3.8, 4) is 0 Å². The van der Waals surface area contributed by atoms with Crippen molar-refractivity contribution in [3.63, 3.8) is 0 Å². The van der Waals surface area contributed by atoms with Gasteiger partial charge in [0.2, 0.25) is 0 Å². The van der Waals surface area contributed by atoms with Crippen LogP contribution < -0.4 is 5.32 Å². The van der Waals surface area contributed by atoms with Crippen molar-refractivity contribution < 1.29 is 22.6 Å². The minimum atomic E-state index is -1.46. The molecule has 1 fully saturated rings. The number of hydrogen-bond acceptors (Lipinski definition) is 3. The lowest BCUT2D eigenvalue weighted by atomic mass is 10.0. The van der Waals surface area contributed by atoms with Crippen molar-refractivity contribution in [1.29, 1.82) is 0 Å². The monoisotopic (exact) mass is 261 g/mol. The number of ether oxygens (including phenoxy) is 2. The third kappa shape index (κ3) is 2.66. The van der Waals surface area contributed by atoms with Gasteiger partial charge in [-0.25, -0.2) is 13.2 Å². The summed E-state index contributed by atoms with van der Waals surface area (Å²) in [5.74, 6) is -3.83. The van der Waals surface area contributed by atoms with E-state index in [1.54, 1.807) is 7.05 Å². The molecule has 1 N–H and O–H groups in total. The minimum absolute atomic E-state index is 0.0653. The zero-order chi connectivity index (χ0) is 13.1. The van der Waals surface area contributed by atoms with E-state index in [9.17, 15) is 13.2 Å². The average molecular weight is 261 g/mol. The molecule has 100 valence electrons. The van der Waals surface area contributed by atoms with Gasteiger partial charge in [0.1, 0.15) is 0 Å². The maximum atomic E-state index is 13.6.